The monoisotopic (exact) mass is 379 g/mol. The third kappa shape index (κ3) is 3.90. The summed E-state index contributed by atoms with van der Waals surface area (Å²) < 4.78 is 10.3. The van der Waals surface area contributed by atoms with Crippen molar-refractivity contribution < 1.29 is 19.2 Å². The highest BCUT2D eigenvalue weighted by Crippen LogP contribution is 2.27. The Bertz CT molecular complexity index is 1080. The van der Waals surface area contributed by atoms with Gasteiger partial charge in [-0.25, -0.2) is 5.43 Å². The maximum absolute atomic E-state index is 12.5. The molecule has 0 fully saturated rings. The first-order valence-electron chi connectivity index (χ1n) is 8.26. The van der Waals surface area contributed by atoms with Gasteiger partial charge < -0.3 is 9.47 Å². The summed E-state index contributed by atoms with van der Waals surface area (Å²) in [5, 5.41) is 16.8. The average Bonchev–Trinajstić information content (AvgIpc) is 2.72. The molecule has 0 radical (unpaired) electrons. The summed E-state index contributed by atoms with van der Waals surface area (Å²) in [4.78, 5) is 23.0. The molecule has 0 saturated carbocycles. The summed E-state index contributed by atoms with van der Waals surface area (Å²) in [6.07, 6.45) is 1.32. The van der Waals surface area contributed by atoms with Crippen molar-refractivity contribution in [3.63, 3.8) is 0 Å². The molecular weight excluding hydrogens is 362 g/mol. The van der Waals surface area contributed by atoms with Crippen LogP contribution in [0.4, 0.5) is 5.69 Å². The topological polar surface area (TPSA) is 103 Å². The zero-order valence-corrected chi connectivity index (χ0v) is 15.2. The lowest BCUT2D eigenvalue weighted by Crippen LogP contribution is -2.18. The first-order chi connectivity index (χ1) is 13.5. The van der Waals surface area contributed by atoms with Gasteiger partial charge in [-0.05, 0) is 35.0 Å². The fourth-order valence-electron chi connectivity index (χ4n) is 2.72. The maximum atomic E-state index is 12.5. The Balaban J connectivity index is 1.81. The van der Waals surface area contributed by atoms with Crippen LogP contribution in [0, 0.1) is 10.1 Å². The minimum absolute atomic E-state index is 0.145. The molecular formula is C20H17N3O5. The van der Waals surface area contributed by atoms with E-state index in [4.69, 9.17) is 9.47 Å². The highest BCUT2D eigenvalue weighted by atomic mass is 16.6. The van der Waals surface area contributed by atoms with E-state index in [1.165, 1.54) is 32.6 Å². The van der Waals surface area contributed by atoms with Gasteiger partial charge in [-0.15, -0.1) is 0 Å². The van der Waals surface area contributed by atoms with Crippen LogP contribution in [0.2, 0.25) is 0 Å². The molecule has 0 aromatic heterocycles. The van der Waals surface area contributed by atoms with Crippen molar-refractivity contribution in [2.45, 2.75) is 0 Å². The van der Waals surface area contributed by atoms with Crippen LogP contribution >= 0.6 is 0 Å². The zero-order chi connectivity index (χ0) is 20.1. The third-order valence-electron chi connectivity index (χ3n) is 4.09. The van der Waals surface area contributed by atoms with Crippen molar-refractivity contribution in [3.8, 4) is 11.5 Å². The van der Waals surface area contributed by atoms with Crippen molar-refractivity contribution in [1.82, 2.24) is 5.43 Å². The first kappa shape index (κ1) is 18.8. The van der Waals surface area contributed by atoms with Crippen LogP contribution in [-0.2, 0) is 0 Å². The van der Waals surface area contributed by atoms with Gasteiger partial charge in [0, 0.05) is 11.6 Å². The molecule has 0 atom stereocenters. The minimum atomic E-state index is -0.547. The number of hydrogen-bond donors (Lipinski definition) is 1. The summed E-state index contributed by atoms with van der Waals surface area (Å²) in [5.41, 5.74) is 3.00. The zero-order valence-electron chi connectivity index (χ0n) is 15.2. The van der Waals surface area contributed by atoms with Crippen LogP contribution in [0.25, 0.3) is 10.8 Å². The molecule has 0 aliphatic heterocycles. The maximum Gasteiger partial charge on any atom is 0.311 e. The van der Waals surface area contributed by atoms with Crippen LogP contribution in [-0.4, -0.2) is 31.3 Å². The summed E-state index contributed by atoms with van der Waals surface area (Å²) in [6, 6.07) is 15.5. The van der Waals surface area contributed by atoms with E-state index in [0.717, 1.165) is 10.8 Å². The molecule has 142 valence electrons. The lowest BCUT2D eigenvalue weighted by molar-refractivity contribution is -0.385. The molecule has 0 spiro atoms. The number of nitrogens with zero attached hydrogens (tertiary/aromatic N) is 2. The van der Waals surface area contributed by atoms with E-state index >= 15 is 0 Å². The molecule has 0 aliphatic rings. The Labute approximate surface area is 160 Å². The highest BCUT2D eigenvalue weighted by molar-refractivity contribution is 6.02. The molecule has 28 heavy (non-hydrogen) atoms. The number of carbonyl (C=O) groups excluding carboxylic acids is 1. The highest BCUT2D eigenvalue weighted by Gasteiger charge is 2.15. The van der Waals surface area contributed by atoms with E-state index in [9.17, 15) is 14.9 Å². The summed E-state index contributed by atoms with van der Waals surface area (Å²) in [5.74, 6) is 0.112. The SMILES string of the molecule is COc1cc2ccccc2cc1C(=O)N/N=C\c1ccc(OC)c([N+](=O)[O-])c1. The molecule has 0 heterocycles. The number of amides is 1. The second-order valence-electron chi connectivity index (χ2n) is 5.79. The predicted molar refractivity (Wildman–Crippen MR) is 105 cm³/mol. The third-order valence-corrected chi connectivity index (χ3v) is 4.09. The number of methoxy groups -OCH3 is 2. The van der Waals surface area contributed by atoms with Crippen molar-refractivity contribution in [3.05, 3.63) is 75.8 Å². The van der Waals surface area contributed by atoms with Gasteiger partial charge in [0.15, 0.2) is 5.75 Å². The van der Waals surface area contributed by atoms with Crippen molar-refractivity contribution >= 4 is 28.6 Å². The molecule has 0 unspecified atom stereocenters. The summed E-state index contributed by atoms with van der Waals surface area (Å²) in [7, 11) is 2.84. The number of nitrogens with one attached hydrogen (secondary N) is 1. The van der Waals surface area contributed by atoms with Gasteiger partial charge in [0.05, 0.1) is 30.9 Å². The van der Waals surface area contributed by atoms with Gasteiger partial charge in [-0.1, -0.05) is 24.3 Å². The van der Waals surface area contributed by atoms with Crippen LogP contribution in [0.5, 0.6) is 11.5 Å². The molecule has 0 bridgehead atoms. The number of nitro groups is 1. The molecule has 8 heteroatoms. The molecule has 8 nitrogen and oxygen atoms in total. The van der Waals surface area contributed by atoms with E-state index in [1.54, 1.807) is 18.2 Å². The number of fused-ring (bicyclic) bond motifs is 1. The van der Waals surface area contributed by atoms with Crippen LogP contribution < -0.4 is 14.9 Å². The van der Waals surface area contributed by atoms with E-state index in [0.29, 0.717) is 16.9 Å². The fourth-order valence-corrected chi connectivity index (χ4v) is 2.72. The molecule has 3 aromatic rings. The summed E-state index contributed by atoms with van der Waals surface area (Å²) >= 11 is 0. The number of hydrazone groups is 1. The van der Waals surface area contributed by atoms with E-state index in [2.05, 4.69) is 10.5 Å². The van der Waals surface area contributed by atoms with Gasteiger partial charge in [0.1, 0.15) is 5.75 Å². The second-order valence-corrected chi connectivity index (χ2v) is 5.79. The van der Waals surface area contributed by atoms with Crippen molar-refractivity contribution in [1.29, 1.82) is 0 Å². The largest absolute Gasteiger partial charge is 0.496 e. The molecule has 0 saturated heterocycles. The first-order valence-corrected chi connectivity index (χ1v) is 8.26. The van der Waals surface area contributed by atoms with Gasteiger partial charge in [-0.2, -0.15) is 5.10 Å². The second kappa shape index (κ2) is 8.17. The molecule has 1 N–H and O–H groups in total. The van der Waals surface area contributed by atoms with Crippen LogP contribution in [0.15, 0.2) is 59.7 Å². The number of nitro benzene ring substituents is 1. The summed E-state index contributed by atoms with van der Waals surface area (Å²) in [6.45, 7) is 0. The number of carbonyl (C=O) groups is 1. The predicted octanol–water partition coefficient (Wildman–Crippen LogP) is 3.53. The van der Waals surface area contributed by atoms with E-state index in [1.807, 2.05) is 24.3 Å². The van der Waals surface area contributed by atoms with Gasteiger partial charge in [0.2, 0.25) is 0 Å². The number of benzene rings is 3. The normalized spacial score (nSPS) is 10.8. The Morgan fingerprint density at radius 1 is 1.04 bits per heavy atom. The Hall–Kier alpha value is -3.94. The van der Waals surface area contributed by atoms with Crippen LogP contribution in [0.3, 0.4) is 0 Å². The number of ether oxygens (including phenoxy) is 2. The quantitative estimate of drug-likeness (QED) is 0.401. The standard InChI is InChI=1S/C20H17N3O5/c1-27-18-8-7-13(9-17(18)23(25)26)12-21-22-20(24)16-10-14-5-3-4-6-15(14)11-19(16)28-2/h3-12H,1-2H3,(H,22,24)/b21-12-. The lowest BCUT2D eigenvalue weighted by Gasteiger charge is -2.09. The number of hydrogen-bond acceptors (Lipinski definition) is 6. The van der Waals surface area contributed by atoms with Crippen molar-refractivity contribution in [2.24, 2.45) is 5.10 Å². The van der Waals surface area contributed by atoms with Crippen LogP contribution in [0.1, 0.15) is 15.9 Å². The van der Waals surface area contributed by atoms with E-state index in [-0.39, 0.29) is 11.4 Å². The Kier molecular flexibility index (Phi) is 5.50. The Morgan fingerprint density at radius 3 is 2.36 bits per heavy atom. The average molecular weight is 379 g/mol. The molecule has 3 aromatic carbocycles. The van der Waals surface area contributed by atoms with Gasteiger partial charge in [-0.3, -0.25) is 14.9 Å². The van der Waals surface area contributed by atoms with Crippen molar-refractivity contribution in [2.75, 3.05) is 14.2 Å². The molecule has 3 rings (SSSR count). The molecule has 0 aliphatic carbocycles. The Morgan fingerprint density at radius 2 is 1.71 bits per heavy atom. The number of rotatable bonds is 6. The fraction of sp³-hybridized carbons (Fsp3) is 0.100. The van der Waals surface area contributed by atoms with E-state index < -0.39 is 10.8 Å². The van der Waals surface area contributed by atoms with Gasteiger partial charge >= 0.3 is 5.69 Å². The van der Waals surface area contributed by atoms with Gasteiger partial charge in [0.25, 0.3) is 5.91 Å². The smallest absolute Gasteiger partial charge is 0.311 e. The minimum Gasteiger partial charge on any atom is -0.496 e. The molecule has 1 amide bonds. The lowest BCUT2D eigenvalue weighted by atomic mass is 10.1.